The molecule has 0 atom stereocenters. The minimum atomic E-state index is -0.624. The van der Waals surface area contributed by atoms with Crippen LogP contribution in [0.4, 0.5) is 5.69 Å². The Balaban J connectivity index is 2.33. The van der Waals surface area contributed by atoms with E-state index >= 15 is 0 Å². The van der Waals surface area contributed by atoms with Crippen LogP contribution in [0.25, 0.3) is 0 Å². The Morgan fingerprint density at radius 1 is 1.24 bits per heavy atom. The van der Waals surface area contributed by atoms with Crippen molar-refractivity contribution in [1.29, 1.82) is 0 Å². The summed E-state index contributed by atoms with van der Waals surface area (Å²) in [6, 6.07) is 8.63. The minimum Gasteiger partial charge on any atom is -0.495 e. The third-order valence-electron chi connectivity index (χ3n) is 2.75. The number of nitrogens with two attached hydrogens (primary N) is 1. The highest BCUT2D eigenvalue weighted by Gasteiger charge is 2.12. The molecular formula is C14H13N3O4. The van der Waals surface area contributed by atoms with Gasteiger partial charge in [-0.3, -0.25) is 14.4 Å². The van der Waals surface area contributed by atoms with Gasteiger partial charge >= 0.3 is 0 Å². The molecule has 2 amide bonds. The van der Waals surface area contributed by atoms with E-state index in [0.29, 0.717) is 5.75 Å². The number of carbonyl (C=O) groups excluding carboxylic acids is 2. The molecule has 108 valence electrons. The lowest BCUT2D eigenvalue weighted by Crippen LogP contribution is -2.19. The Morgan fingerprint density at radius 2 is 2.00 bits per heavy atom. The summed E-state index contributed by atoms with van der Waals surface area (Å²) in [6.45, 7) is 0. The van der Waals surface area contributed by atoms with Gasteiger partial charge in [0, 0.05) is 11.6 Å². The smallest absolute Gasteiger partial charge is 0.272 e. The van der Waals surface area contributed by atoms with Gasteiger partial charge in [0.05, 0.1) is 12.8 Å². The standard InChI is InChI=1S/C14H13N3O4/c1-21-11-6-5-8(13(15)19)7-10(11)17-14(20)9-3-2-4-12(18)16-9/h2-7H,1H3,(H2,15,19)(H,16,18)(H,17,20). The van der Waals surface area contributed by atoms with E-state index in [0.717, 1.165) is 0 Å². The van der Waals surface area contributed by atoms with Crippen LogP contribution in [0.5, 0.6) is 5.75 Å². The predicted molar refractivity (Wildman–Crippen MR) is 76.5 cm³/mol. The molecule has 4 N–H and O–H groups in total. The fourth-order valence-electron chi connectivity index (χ4n) is 1.73. The Labute approximate surface area is 119 Å². The van der Waals surface area contributed by atoms with Crippen LogP contribution >= 0.6 is 0 Å². The molecule has 0 fully saturated rings. The van der Waals surface area contributed by atoms with Gasteiger partial charge in [-0.2, -0.15) is 0 Å². The Hall–Kier alpha value is -3.09. The van der Waals surface area contributed by atoms with Crippen LogP contribution in [0.15, 0.2) is 41.2 Å². The fourth-order valence-corrected chi connectivity index (χ4v) is 1.73. The molecule has 21 heavy (non-hydrogen) atoms. The number of H-pyrrole nitrogens is 1. The number of pyridine rings is 1. The second-order valence-corrected chi connectivity index (χ2v) is 4.16. The summed E-state index contributed by atoms with van der Waals surface area (Å²) < 4.78 is 5.10. The van der Waals surface area contributed by atoms with Gasteiger partial charge in [0.15, 0.2) is 0 Å². The summed E-state index contributed by atoms with van der Waals surface area (Å²) in [4.78, 5) is 36.8. The number of hydrogen-bond acceptors (Lipinski definition) is 4. The van der Waals surface area contributed by atoms with E-state index in [1.165, 1.54) is 43.5 Å². The topological polar surface area (TPSA) is 114 Å². The number of aromatic amines is 1. The van der Waals surface area contributed by atoms with Crippen molar-refractivity contribution in [2.24, 2.45) is 5.73 Å². The number of methoxy groups -OCH3 is 1. The summed E-state index contributed by atoms with van der Waals surface area (Å²) in [5.41, 5.74) is 5.41. The molecule has 0 aliphatic rings. The molecule has 0 saturated carbocycles. The normalized spacial score (nSPS) is 9.95. The maximum Gasteiger partial charge on any atom is 0.272 e. The van der Waals surface area contributed by atoms with Crippen molar-refractivity contribution in [3.8, 4) is 5.75 Å². The Kier molecular flexibility index (Phi) is 4.03. The van der Waals surface area contributed by atoms with Crippen LogP contribution in [-0.2, 0) is 0 Å². The maximum absolute atomic E-state index is 12.1. The summed E-state index contributed by atoms with van der Waals surface area (Å²) in [5.74, 6) is -0.791. The van der Waals surface area contributed by atoms with Crippen LogP contribution in [0.2, 0.25) is 0 Å². The minimum absolute atomic E-state index is 0.0917. The lowest BCUT2D eigenvalue weighted by molar-refractivity contribution is 0.0995. The lowest BCUT2D eigenvalue weighted by atomic mass is 10.1. The number of ether oxygens (including phenoxy) is 1. The van der Waals surface area contributed by atoms with Crippen molar-refractivity contribution in [2.75, 3.05) is 12.4 Å². The number of anilines is 1. The highest BCUT2D eigenvalue weighted by Crippen LogP contribution is 2.25. The van der Waals surface area contributed by atoms with Crippen LogP contribution < -0.4 is 21.3 Å². The van der Waals surface area contributed by atoms with Crippen LogP contribution in [0, 0.1) is 0 Å². The molecule has 1 heterocycles. The molecular weight excluding hydrogens is 274 g/mol. The van der Waals surface area contributed by atoms with Crippen molar-refractivity contribution in [3.05, 3.63) is 58.0 Å². The van der Waals surface area contributed by atoms with E-state index in [-0.39, 0.29) is 22.5 Å². The number of nitrogens with one attached hydrogen (secondary N) is 2. The number of carbonyl (C=O) groups is 2. The van der Waals surface area contributed by atoms with E-state index in [9.17, 15) is 14.4 Å². The summed E-state index contributed by atoms with van der Waals surface area (Å²) in [6.07, 6.45) is 0. The number of primary amides is 1. The van der Waals surface area contributed by atoms with E-state index < -0.39 is 11.8 Å². The molecule has 7 heteroatoms. The molecule has 1 aromatic heterocycles. The zero-order valence-electron chi connectivity index (χ0n) is 11.2. The van der Waals surface area contributed by atoms with Crippen LogP contribution in [0.3, 0.4) is 0 Å². The van der Waals surface area contributed by atoms with Crippen molar-refractivity contribution in [3.63, 3.8) is 0 Å². The fraction of sp³-hybridized carbons (Fsp3) is 0.0714. The van der Waals surface area contributed by atoms with Gasteiger partial charge in [-0.25, -0.2) is 0 Å². The van der Waals surface area contributed by atoms with Crippen molar-refractivity contribution in [2.45, 2.75) is 0 Å². The molecule has 1 aromatic carbocycles. The summed E-state index contributed by atoms with van der Waals surface area (Å²) >= 11 is 0. The Bertz CT molecular complexity index is 752. The van der Waals surface area contributed by atoms with Crippen molar-refractivity contribution < 1.29 is 14.3 Å². The molecule has 0 bridgehead atoms. The van der Waals surface area contributed by atoms with Gasteiger partial charge < -0.3 is 20.8 Å². The first-order chi connectivity index (χ1) is 10.0. The molecule has 2 aromatic rings. The van der Waals surface area contributed by atoms with Gasteiger partial charge in [0.1, 0.15) is 11.4 Å². The van der Waals surface area contributed by atoms with Crippen molar-refractivity contribution in [1.82, 2.24) is 4.98 Å². The van der Waals surface area contributed by atoms with E-state index in [2.05, 4.69) is 10.3 Å². The first-order valence-electron chi connectivity index (χ1n) is 6.00. The predicted octanol–water partition coefficient (Wildman–Crippen LogP) is 0.735. The summed E-state index contributed by atoms with van der Waals surface area (Å²) in [5, 5.41) is 2.56. The van der Waals surface area contributed by atoms with Gasteiger partial charge in [-0.15, -0.1) is 0 Å². The average Bonchev–Trinajstić information content (AvgIpc) is 2.47. The van der Waals surface area contributed by atoms with Gasteiger partial charge in [-0.1, -0.05) is 6.07 Å². The second kappa shape index (κ2) is 5.91. The first-order valence-corrected chi connectivity index (χ1v) is 6.00. The number of aromatic nitrogens is 1. The van der Waals surface area contributed by atoms with Crippen LogP contribution in [0.1, 0.15) is 20.8 Å². The molecule has 0 aliphatic carbocycles. The number of amides is 2. The molecule has 0 aliphatic heterocycles. The molecule has 7 nitrogen and oxygen atoms in total. The highest BCUT2D eigenvalue weighted by atomic mass is 16.5. The summed E-state index contributed by atoms with van der Waals surface area (Å²) in [7, 11) is 1.43. The number of rotatable bonds is 4. The quantitative estimate of drug-likeness (QED) is 0.769. The SMILES string of the molecule is COc1ccc(C(N)=O)cc1NC(=O)c1cccc(=O)[nH]1. The average molecular weight is 287 g/mol. The first kappa shape index (κ1) is 14.3. The number of hydrogen-bond donors (Lipinski definition) is 3. The van der Waals surface area contributed by atoms with Crippen molar-refractivity contribution >= 4 is 17.5 Å². The molecule has 0 unspecified atom stereocenters. The maximum atomic E-state index is 12.1. The van der Waals surface area contributed by atoms with E-state index in [4.69, 9.17) is 10.5 Å². The molecule has 0 saturated heterocycles. The molecule has 2 rings (SSSR count). The Morgan fingerprint density at radius 3 is 2.62 bits per heavy atom. The van der Waals surface area contributed by atoms with Gasteiger partial charge in [-0.05, 0) is 24.3 Å². The lowest BCUT2D eigenvalue weighted by Gasteiger charge is -2.11. The van der Waals surface area contributed by atoms with E-state index in [1.54, 1.807) is 0 Å². The van der Waals surface area contributed by atoms with E-state index in [1.807, 2.05) is 0 Å². The molecule has 0 spiro atoms. The molecule has 0 radical (unpaired) electrons. The van der Waals surface area contributed by atoms with Crippen LogP contribution in [-0.4, -0.2) is 23.9 Å². The monoisotopic (exact) mass is 287 g/mol. The van der Waals surface area contributed by atoms with Gasteiger partial charge in [0.2, 0.25) is 11.5 Å². The number of benzene rings is 1. The highest BCUT2D eigenvalue weighted by molar-refractivity contribution is 6.04. The zero-order valence-corrected chi connectivity index (χ0v) is 11.2. The zero-order chi connectivity index (χ0) is 15.4. The second-order valence-electron chi connectivity index (χ2n) is 4.16. The third-order valence-corrected chi connectivity index (χ3v) is 2.75. The third kappa shape index (κ3) is 3.27. The largest absolute Gasteiger partial charge is 0.495 e. The van der Waals surface area contributed by atoms with Gasteiger partial charge in [0.25, 0.3) is 5.91 Å².